The molecule has 3 aromatic rings. The van der Waals surface area contributed by atoms with Crippen molar-refractivity contribution in [2.24, 2.45) is 7.05 Å². The molecule has 0 saturated carbocycles. The van der Waals surface area contributed by atoms with Crippen molar-refractivity contribution in [2.75, 3.05) is 0 Å². The molecule has 0 fully saturated rings. The van der Waals surface area contributed by atoms with E-state index in [9.17, 15) is 4.79 Å². The summed E-state index contributed by atoms with van der Waals surface area (Å²) in [6.45, 7) is 0. The molecule has 0 saturated heterocycles. The zero-order valence-corrected chi connectivity index (χ0v) is 11.8. The number of hydrogen-bond donors (Lipinski definition) is 1. The van der Waals surface area contributed by atoms with Crippen LogP contribution in [0.15, 0.2) is 48.5 Å². The molecule has 0 aliphatic heterocycles. The quantitative estimate of drug-likeness (QED) is 0.799. The lowest BCUT2D eigenvalue weighted by Gasteiger charge is -2.03. The largest absolute Gasteiger partial charge is 0.478 e. The Kier molecular flexibility index (Phi) is 3.44. The van der Waals surface area contributed by atoms with Crippen LogP contribution in [0.2, 0.25) is 0 Å². The number of benzene rings is 2. The lowest BCUT2D eigenvalue weighted by Crippen LogP contribution is -2.01. The van der Waals surface area contributed by atoms with Gasteiger partial charge in [0.25, 0.3) is 0 Å². The second-order valence-corrected chi connectivity index (χ2v) is 5.08. The minimum Gasteiger partial charge on any atom is -0.478 e. The van der Waals surface area contributed by atoms with Crippen molar-refractivity contribution in [1.29, 1.82) is 0 Å². The lowest BCUT2D eigenvalue weighted by molar-refractivity contribution is 0.0697. The molecule has 4 heteroatoms. The number of rotatable bonds is 4. The maximum atomic E-state index is 10.8. The molecule has 2 aromatic carbocycles. The minimum atomic E-state index is -0.892. The Labute approximate surface area is 122 Å². The van der Waals surface area contributed by atoms with Crippen LogP contribution in [0.25, 0.3) is 11.0 Å². The Morgan fingerprint density at radius 1 is 1.10 bits per heavy atom. The van der Waals surface area contributed by atoms with Crippen molar-refractivity contribution in [1.82, 2.24) is 9.55 Å². The van der Waals surface area contributed by atoms with E-state index in [2.05, 4.69) is 15.6 Å². The number of carbonyl (C=O) groups is 1. The number of aromatic nitrogens is 2. The van der Waals surface area contributed by atoms with Crippen LogP contribution in [0.3, 0.4) is 0 Å². The van der Waals surface area contributed by atoms with Crippen LogP contribution in [0.5, 0.6) is 0 Å². The summed E-state index contributed by atoms with van der Waals surface area (Å²) in [6, 6.07) is 15.1. The standard InChI is InChI=1S/C17H16N2O2/c1-19-15-5-3-2-4-14(15)18-16(19)11-8-12-6-9-13(10-7-12)17(20)21/h2-7,9-10H,8,11H2,1H3,(H,20,21). The summed E-state index contributed by atoms with van der Waals surface area (Å²) < 4.78 is 2.11. The van der Waals surface area contributed by atoms with Crippen LogP contribution >= 0.6 is 0 Å². The topological polar surface area (TPSA) is 55.1 Å². The number of fused-ring (bicyclic) bond motifs is 1. The summed E-state index contributed by atoms with van der Waals surface area (Å²) >= 11 is 0. The van der Waals surface area contributed by atoms with Gasteiger partial charge in [0, 0.05) is 13.5 Å². The first-order valence-electron chi connectivity index (χ1n) is 6.88. The summed E-state index contributed by atoms with van der Waals surface area (Å²) in [5.41, 5.74) is 3.58. The molecule has 106 valence electrons. The lowest BCUT2D eigenvalue weighted by atomic mass is 10.1. The second kappa shape index (κ2) is 5.40. The Morgan fingerprint density at radius 2 is 1.81 bits per heavy atom. The van der Waals surface area contributed by atoms with Gasteiger partial charge in [0.05, 0.1) is 16.6 Å². The third kappa shape index (κ3) is 2.65. The molecule has 0 atom stereocenters. The van der Waals surface area contributed by atoms with Gasteiger partial charge in [-0.05, 0) is 36.2 Å². The maximum absolute atomic E-state index is 10.8. The van der Waals surface area contributed by atoms with Crippen molar-refractivity contribution in [3.63, 3.8) is 0 Å². The van der Waals surface area contributed by atoms with E-state index in [1.54, 1.807) is 12.1 Å². The van der Waals surface area contributed by atoms with E-state index in [0.29, 0.717) is 5.56 Å². The van der Waals surface area contributed by atoms with Crippen molar-refractivity contribution < 1.29 is 9.90 Å². The fraction of sp³-hybridized carbons (Fsp3) is 0.176. The minimum absolute atomic E-state index is 0.321. The van der Waals surface area contributed by atoms with Crippen molar-refractivity contribution >= 4 is 17.0 Å². The second-order valence-electron chi connectivity index (χ2n) is 5.08. The number of aromatic carboxylic acids is 1. The van der Waals surface area contributed by atoms with Gasteiger partial charge in [0.2, 0.25) is 0 Å². The van der Waals surface area contributed by atoms with Gasteiger partial charge in [-0.3, -0.25) is 0 Å². The highest BCUT2D eigenvalue weighted by Gasteiger charge is 2.07. The van der Waals surface area contributed by atoms with Gasteiger partial charge in [0.15, 0.2) is 0 Å². The molecule has 0 unspecified atom stereocenters. The van der Waals surface area contributed by atoms with Gasteiger partial charge in [-0.15, -0.1) is 0 Å². The van der Waals surface area contributed by atoms with Gasteiger partial charge >= 0.3 is 5.97 Å². The number of imidazole rings is 1. The molecule has 4 nitrogen and oxygen atoms in total. The van der Waals surface area contributed by atoms with E-state index in [1.165, 1.54) is 0 Å². The molecular weight excluding hydrogens is 264 g/mol. The predicted molar refractivity (Wildman–Crippen MR) is 81.5 cm³/mol. The van der Waals surface area contributed by atoms with Crippen LogP contribution in [-0.2, 0) is 19.9 Å². The molecule has 0 aliphatic rings. The SMILES string of the molecule is Cn1c(CCc2ccc(C(=O)O)cc2)nc2ccccc21. The molecule has 0 bridgehead atoms. The summed E-state index contributed by atoms with van der Waals surface area (Å²) in [4.78, 5) is 15.5. The van der Waals surface area contributed by atoms with Crippen molar-refractivity contribution in [3.05, 3.63) is 65.5 Å². The smallest absolute Gasteiger partial charge is 0.335 e. The molecule has 1 N–H and O–H groups in total. The normalized spacial score (nSPS) is 10.9. The molecule has 0 aliphatic carbocycles. The average Bonchev–Trinajstić information content (AvgIpc) is 2.82. The fourth-order valence-corrected chi connectivity index (χ4v) is 2.49. The molecule has 0 amide bonds. The Morgan fingerprint density at radius 3 is 2.48 bits per heavy atom. The highest BCUT2D eigenvalue weighted by molar-refractivity contribution is 5.87. The Bertz CT molecular complexity index is 788. The summed E-state index contributed by atoms with van der Waals surface area (Å²) in [5.74, 6) is 0.149. The molecule has 0 spiro atoms. The van der Waals surface area contributed by atoms with Crippen molar-refractivity contribution in [3.8, 4) is 0 Å². The Balaban J connectivity index is 1.77. The molecule has 1 aromatic heterocycles. The van der Waals surface area contributed by atoms with Crippen molar-refractivity contribution in [2.45, 2.75) is 12.8 Å². The molecule has 0 radical (unpaired) electrons. The van der Waals surface area contributed by atoms with Gasteiger partial charge in [-0.25, -0.2) is 9.78 Å². The summed E-state index contributed by atoms with van der Waals surface area (Å²) in [7, 11) is 2.03. The van der Waals surface area contributed by atoms with Crippen LogP contribution in [0.1, 0.15) is 21.7 Å². The zero-order valence-electron chi connectivity index (χ0n) is 11.8. The number of para-hydroxylation sites is 2. The first-order chi connectivity index (χ1) is 10.1. The van der Waals surface area contributed by atoms with E-state index < -0.39 is 5.97 Å². The number of nitrogens with zero attached hydrogens (tertiary/aromatic N) is 2. The molecule has 21 heavy (non-hydrogen) atoms. The first kappa shape index (κ1) is 13.4. The monoisotopic (exact) mass is 280 g/mol. The zero-order chi connectivity index (χ0) is 14.8. The predicted octanol–water partition coefficient (Wildman–Crippen LogP) is 3.06. The molecule has 1 heterocycles. The highest BCUT2D eigenvalue weighted by Crippen LogP contribution is 2.16. The Hall–Kier alpha value is -2.62. The van der Waals surface area contributed by atoms with Gasteiger partial charge in [0.1, 0.15) is 5.82 Å². The van der Waals surface area contributed by atoms with E-state index in [-0.39, 0.29) is 0 Å². The number of carboxylic acid groups (broad SMARTS) is 1. The molecule has 3 rings (SSSR count). The highest BCUT2D eigenvalue weighted by atomic mass is 16.4. The van der Waals surface area contributed by atoms with E-state index in [4.69, 9.17) is 5.11 Å². The third-order valence-electron chi connectivity index (χ3n) is 3.72. The number of carboxylic acids is 1. The van der Waals surface area contributed by atoms with E-state index in [0.717, 1.165) is 35.3 Å². The summed E-state index contributed by atoms with van der Waals surface area (Å²) in [5, 5.41) is 8.89. The first-order valence-corrected chi connectivity index (χ1v) is 6.88. The van der Waals surface area contributed by atoms with Gasteiger partial charge < -0.3 is 9.67 Å². The average molecular weight is 280 g/mol. The van der Waals surface area contributed by atoms with Crippen LogP contribution in [-0.4, -0.2) is 20.6 Å². The number of aryl methyl sites for hydroxylation is 3. The van der Waals surface area contributed by atoms with Gasteiger partial charge in [-0.1, -0.05) is 24.3 Å². The molecular formula is C17H16N2O2. The van der Waals surface area contributed by atoms with Crippen LogP contribution in [0, 0.1) is 0 Å². The van der Waals surface area contributed by atoms with E-state index in [1.807, 2.05) is 37.4 Å². The maximum Gasteiger partial charge on any atom is 0.335 e. The van der Waals surface area contributed by atoms with Crippen LogP contribution in [0.4, 0.5) is 0 Å². The summed E-state index contributed by atoms with van der Waals surface area (Å²) in [6.07, 6.45) is 1.68. The number of hydrogen-bond acceptors (Lipinski definition) is 2. The van der Waals surface area contributed by atoms with Crippen LogP contribution < -0.4 is 0 Å². The fourth-order valence-electron chi connectivity index (χ4n) is 2.49. The van der Waals surface area contributed by atoms with E-state index >= 15 is 0 Å². The van der Waals surface area contributed by atoms with Gasteiger partial charge in [-0.2, -0.15) is 0 Å². The third-order valence-corrected chi connectivity index (χ3v) is 3.72.